The van der Waals surface area contributed by atoms with E-state index >= 15 is 0 Å². The fourth-order valence-corrected chi connectivity index (χ4v) is 2.58. The minimum atomic E-state index is -2.69. The second-order valence-electron chi connectivity index (χ2n) is 6.52. The van der Waals surface area contributed by atoms with Gasteiger partial charge in [-0.2, -0.15) is 0 Å². The van der Waals surface area contributed by atoms with E-state index in [0.29, 0.717) is 13.0 Å². The molecule has 23 heavy (non-hydrogen) atoms. The molecular weight excluding hydrogens is 296 g/mol. The standard InChI is InChI=1S/C17H24N2O4/c1-17(2,3)23-16(21)19-10-6-5-7-13(19)15(20)12-11-18-9-8-14(12)22-4/h8-9,11,13H,5-7,10H2,1-4H3/t13-/m1/s1/i4D3. The summed E-state index contributed by atoms with van der Waals surface area (Å²) in [6.45, 7) is 5.68. The number of amides is 1. The predicted octanol–water partition coefficient (Wildman–Crippen LogP) is 3.06. The Bertz CT molecular complexity index is 671. The second-order valence-corrected chi connectivity index (χ2v) is 6.52. The van der Waals surface area contributed by atoms with E-state index in [1.807, 2.05) is 0 Å². The molecule has 2 rings (SSSR count). The maximum Gasteiger partial charge on any atom is 0.410 e. The van der Waals surface area contributed by atoms with Crippen molar-refractivity contribution in [3.05, 3.63) is 24.0 Å². The molecule has 1 aliphatic rings. The number of methoxy groups -OCH3 is 1. The number of hydrogen-bond acceptors (Lipinski definition) is 5. The van der Waals surface area contributed by atoms with Crippen molar-refractivity contribution in [3.8, 4) is 5.75 Å². The van der Waals surface area contributed by atoms with Crippen molar-refractivity contribution < 1.29 is 23.2 Å². The molecule has 0 bridgehead atoms. The lowest BCUT2D eigenvalue weighted by atomic mass is 9.95. The summed E-state index contributed by atoms with van der Waals surface area (Å²) in [6.07, 6.45) is 4.09. The Morgan fingerprint density at radius 3 is 2.87 bits per heavy atom. The Hall–Kier alpha value is -2.11. The van der Waals surface area contributed by atoms with Crippen LogP contribution in [0.4, 0.5) is 4.79 Å². The molecule has 0 aliphatic carbocycles. The van der Waals surface area contributed by atoms with Gasteiger partial charge in [0.1, 0.15) is 11.4 Å². The van der Waals surface area contributed by atoms with Crippen LogP contribution in [0.1, 0.15) is 54.5 Å². The third kappa shape index (κ3) is 4.21. The molecule has 0 unspecified atom stereocenters. The molecule has 1 amide bonds. The van der Waals surface area contributed by atoms with E-state index in [0.717, 1.165) is 12.8 Å². The predicted molar refractivity (Wildman–Crippen MR) is 85.7 cm³/mol. The van der Waals surface area contributed by atoms with Crippen molar-refractivity contribution in [2.75, 3.05) is 13.6 Å². The van der Waals surface area contributed by atoms with Crippen molar-refractivity contribution >= 4 is 11.9 Å². The van der Waals surface area contributed by atoms with Gasteiger partial charge in [-0.3, -0.25) is 14.7 Å². The highest BCUT2D eigenvalue weighted by atomic mass is 16.6. The van der Waals surface area contributed by atoms with Gasteiger partial charge in [0.15, 0.2) is 5.78 Å². The topological polar surface area (TPSA) is 68.7 Å². The van der Waals surface area contributed by atoms with Crippen LogP contribution >= 0.6 is 0 Å². The number of ketones is 1. The number of Topliss-reactive ketones (excluding diaryl/α,β-unsaturated/α-hetero) is 1. The molecule has 1 aromatic rings. The molecule has 6 heteroatoms. The summed E-state index contributed by atoms with van der Waals surface area (Å²) in [5, 5.41) is 0. The Balaban J connectivity index is 2.28. The number of rotatable bonds is 3. The van der Waals surface area contributed by atoms with Crippen molar-refractivity contribution in [1.29, 1.82) is 0 Å². The molecule has 0 radical (unpaired) electrons. The number of hydrogen-bond donors (Lipinski definition) is 0. The van der Waals surface area contributed by atoms with Crippen LogP contribution in [-0.2, 0) is 4.74 Å². The third-order valence-corrected chi connectivity index (χ3v) is 3.59. The highest BCUT2D eigenvalue weighted by molar-refractivity contribution is 6.03. The van der Waals surface area contributed by atoms with Gasteiger partial charge in [-0.15, -0.1) is 0 Å². The summed E-state index contributed by atoms with van der Waals surface area (Å²) in [5.41, 5.74) is -0.629. The summed E-state index contributed by atoms with van der Waals surface area (Å²) in [7, 11) is -2.69. The molecule has 1 atom stereocenters. The van der Waals surface area contributed by atoms with E-state index < -0.39 is 30.6 Å². The van der Waals surface area contributed by atoms with Gasteiger partial charge >= 0.3 is 6.09 Å². The molecule has 1 saturated heterocycles. The molecule has 6 nitrogen and oxygen atoms in total. The zero-order valence-electron chi connectivity index (χ0n) is 16.7. The molecule has 0 N–H and O–H groups in total. The van der Waals surface area contributed by atoms with Crippen LogP contribution in [0.2, 0.25) is 0 Å². The summed E-state index contributed by atoms with van der Waals surface area (Å²) in [4.78, 5) is 30.8. The lowest BCUT2D eigenvalue weighted by molar-refractivity contribution is 0.0104. The van der Waals surface area contributed by atoms with Crippen molar-refractivity contribution in [2.45, 2.75) is 51.7 Å². The van der Waals surface area contributed by atoms with Gasteiger partial charge in [0.2, 0.25) is 0 Å². The van der Waals surface area contributed by atoms with Crippen LogP contribution in [0.5, 0.6) is 5.75 Å². The Kier molecular flexibility index (Phi) is 4.05. The molecule has 0 saturated carbocycles. The molecule has 2 heterocycles. The van der Waals surface area contributed by atoms with Crippen molar-refractivity contribution in [2.24, 2.45) is 0 Å². The van der Waals surface area contributed by atoms with Gasteiger partial charge in [-0.05, 0) is 46.1 Å². The summed E-state index contributed by atoms with van der Waals surface area (Å²) < 4.78 is 32.1. The molecule has 1 aliphatic heterocycles. The van der Waals surface area contributed by atoms with Gasteiger partial charge in [-0.25, -0.2) is 4.79 Å². The second kappa shape index (κ2) is 6.98. The third-order valence-electron chi connectivity index (χ3n) is 3.59. The van der Waals surface area contributed by atoms with E-state index in [1.54, 1.807) is 20.8 Å². The smallest absolute Gasteiger partial charge is 0.410 e. The van der Waals surface area contributed by atoms with Crippen LogP contribution in [-0.4, -0.2) is 47.0 Å². The van der Waals surface area contributed by atoms with E-state index in [1.165, 1.54) is 23.4 Å². The highest BCUT2D eigenvalue weighted by Gasteiger charge is 2.36. The van der Waals surface area contributed by atoms with Crippen molar-refractivity contribution in [3.63, 3.8) is 0 Å². The first-order chi connectivity index (χ1) is 12.0. The fourth-order valence-electron chi connectivity index (χ4n) is 2.58. The quantitative estimate of drug-likeness (QED) is 0.800. The Morgan fingerprint density at radius 2 is 2.17 bits per heavy atom. The van der Waals surface area contributed by atoms with Crippen LogP contribution in [0.25, 0.3) is 0 Å². The molecule has 126 valence electrons. The first-order valence-corrected chi connectivity index (χ1v) is 7.65. The van der Waals surface area contributed by atoms with Crippen LogP contribution in [0.15, 0.2) is 18.5 Å². The Labute approximate surface area is 141 Å². The van der Waals surface area contributed by atoms with E-state index in [4.69, 9.17) is 13.6 Å². The molecule has 1 aromatic heterocycles. The molecular formula is C17H24N2O4. The van der Waals surface area contributed by atoms with Crippen LogP contribution in [0, 0.1) is 0 Å². The summed E-state index contributed by atoms with van der Waals surface area (Å²) >= 11 is 0. The normalized spacial score (nSPS) is 20.9. The zero-order chi connectivity index (χ0) is 19.5. The monoisotopic (exact) mass is 323 g/mol. The minimum absolute atomic E-state index is 0.0454. The molecule has 0 spiro atoms. The summed E-state index contributed by atoms with van der Waals surface area (Å²) in [6, 6.07) is 0.599. The van der Waals surface area contributed by atoms with Gasteiger partial charge < -0.3 is 9.47 Å². The van der Waals surface area contributed by atoms with E-state index in [9.17, 15) is 9.59 Å². The van der Waals surface area contributed by atoms with Gasteiger partial charge in [0.05, 0.1) is 22.8 Å². The van der Waals surface area contributed by atoms with Crippen LogP contribution in [0.3, 0.4) is 0 Å². The molecule has 0 aromatic carbocycles. The average molecular weight is 323 g/mol. The SMILES string of the molecule is [2H]C([2H])([2H])Oc1ccncc1C(=O)[C@H]1CCCCN1C(=O)OC(C)(C)C. The highest BCUT2D eigenvalue weighted by Crippen LogP contribution is 2.26. The number of pyridine rings is 1. The average Bonchev–Trinajstić information content (AvgIpc) is 2.51. The Morgan fingerprint density at radius 1 is 1.39 bits per heavy atom. The van der Waals surface area contributed by atoms with Gasteiger partial charge in [-0.1, -0.05) is 0 Å². The number of nitrogens with zero attached hydrogens (tertiary/aromatic N) is 2. The largest absolute Gasteiger partial charge is 0.496 e. The van der Waals surface area contributed by atoms with Gasteiger partial charge in [0.25, 0.3) is 0 Å². The maximum absolute atomic E-state index is 13.0. The maximum atomic E-state index is 13.0. The summed E-state index contributed by atoms with van der Waals surface area (Å²) in [5.74, 6) is -0.470. The number of carbonyl (C=O) groups excluding carboxylic acids is 2. The number of aromatic nitrogens is 1. The zero-order valence-corrected chi connectivity index (χ0v) is 13.7. The first kappa shape index (κ1) is 13.3. The molecule has 1 fully saturated rings. The van der Waals surface area contributed by atoms with Crippen LogP contribution < -0.4 is 4.74 Å². The van der Waals surface area contributed by atoms with Gasteiger partial charge in [0, 0.05) is 18.9 Å². The van der Waals surface area contributed by atoms with E-state index in [2.05, 4.69) is 4.98 Å². The van der Waals surface area contributed by atoms with Crippen molar-refractivity contribution in [1.82, 2.24) is 9.88 Å². The van der Waals surface area contributed by atoms with E-state index in [-0.39, 0.29) is 11.3 Å². The number of piperidine rings is 1. The fraction of sp³-hybridized carbons (Fsp3) is 0.588. The first-order valence-electron chi connectivity index (χ1n) is 9.15. The lowest BCUT2D eigenvalue weighted by Gasteiger charge is -2.36. The number of carbonyl (C=O) groups is 2. The number of ether oxygens (including phenoxy) is 2. The minimum Gasteiger partial charge on any atom is -0.496 e. The lowest BCUT2D eigenvalue weighted by Crippen LogP contribution is -2.49. The number of likely N-dealkylation sites (tertiary alicyclic amines) is 1.